The van der Waals surface area contributed by atoms with Crippen molar-refractivity contribution in [2.45, 2.75) is 6.92 Å². The van der Waals surface area contributed by atoms with Gasteiger partial charge in [-0.2, -0.15) is 5.10 Å². The molecular formula is C13H16N2O6. The van der Waals surface area contributed by atoms with Crippen LogP contribution in [0.1, 0.15) is 12.5 Å². The molecule has 1 aromatic carbocycles. The fourth-order valence-corrected chi connectivity index (χ4v) is 1.48. The molecule has 0 saturated carbocycles. The Hall–Kier alpha value is -2.77. The third-order valence-corrected chi connectivity index (χ3v) is 2.29. The largest absolute Gasteiger partial charge is 0.504 e. The molecule has 0 aromatic heterocycles. The number of aliphatic carboxylic acids is 2. The first-order valence-corrected chi connectivity index (χ1v) is 6.10. The SMILES string of the molecule is CCOc1cc(/C=N\N(CC(=O)O)CC(=O)O)ccc1O. The highest BCUT2D eigenvalue weighted by molar-refractivity contribution is 5.81. The number of phenolic OH excluding ortho intramolecular Hbond substituents is 1. The van der Waals surface area contributed by atoms with Crippen LogP contribution in [0.15, 0.2) is 23.3 Å². The zero-order valence-electron chi connectivity index (χ0n) is 11.4. The average Bonchev–Trinajstić information content (AvgIpc) is 2.38. The van der Waals surface area contributed by atoms with E-state index in [-0.39, 0.29) is 11.5 Å². The molecule has 0 unspecified atom stereocenters. The van der Waals surface area contributed by atoms with Crippen molar-refractivity contribution in [1.29, 1.82) is 0 Å². The van der Waals surface area contributed by atoms with Gasteiger partial charge in [0, 0.05) is 0 Å². The predicted molar refractivity (Wildman–Crippen MR) is 73.7 cm³/mol. The van der Waals surface area contributed by atoms with E-state index in [9.17, 15) is 14.7 Å². The van der Waals surface area contributed by atoms with E-state index in [1.165, 1.54) is 18.3 Å². The monoisotopic (exact) mass is 296 g/mol. The predicted octanol–water partition coefficient (Wildman–Crippen LogP) is 0.596. The molecule has 0 aliphatic carbocycles. The van der Waals surface area contributed by atoms with Crippen LogP contribution < -0.4 is 4.74 Å². The van der Waals surface area contributed by atoms with E-state index in [0.29, 0.717) is 12.2 Å². The summed E-state index contributed by atoms with van der Waals surface area (Å²) >= 11 is 0. The minimum absolute atomic E-state index is 0.0260. The lowest BCUT2D eigenvalue weighted by atomic mass is 10.2. The Morgan fingerprint density at radius 1 is 1.29 bits per heavy atom. The third-order valence-electron chi connectivity index (χ3n) is 2.29. The molecule has 0 amide bonds. The summed E-state index contributed by atoms with van der Waals surface area (Å²) in [6.07, 6.45) is 1.30. The molecule has 0 saturated heterocycles. The van der Waals surface area contributed by atoms with Gasteiger partial charge in [0.2, 0.25) is 0 Å². The van der Waals surface area contributed by atoms with Gasteiger partial charge >= 0.3 is 11.9 Å². The molecule has 8 nitrogen and oxygen atoms in total. The van der Waals surface area contributed by atoms with Crippen LogP contribution >= 0.6 is 0 Å². The van der Waals surface area contributed by atoms with Crippen molar-refractivity contribution in [3.63, 3.8) is 0 Å². The zero-order valence-corrected chi connectivity index (χ0v) is 11.4. The number of hydrazone groups is 1. The molecule has 0 aliphatic rings. The van der Waals surface area contributed by atoms with Crippen LogP contribution in [-0.2, 0) is 9.59 Å². The number of nitrogens with zero attached hydrogens (tertiary/aromatic N) is 2. The zero-order chi connectivity index (χ0) is 15.8. The number of benzene rings is 1. The summed E-state index contributed by atoms with van der Waals surface area (Å²) in [5, 5.41) is 31.6. The quantitative estimate of drug-likeness (QED) is 0.474. The van der Waals surface area contributed by atoms with Crippen LogP contribution in [0.4, 0.5) is 0 Å². The minimum atomic E-state index is -1.19. The Morgan fingerprint density at radius 3 is 2.43 bits per heavy atom. The van der Waals surface area contributed by atoms with E-state index < -0.39 is 25.0 Å². The first-order chi connectivity index (χ1) is 9.92. The van der Waals surface area contributed by atoms with Gasteiger partial charge in [-0.05, 0) is 30.7 Å². The van der Waals surface area contributed by atoms with E-state index in [1.54, 1.807) is 13.0 Å². The molecular weight excluding hydrogens is 280 g/mol. The van der Waals surface area contributed by atoms with Gasteiger partial charge in [-0.3, -0.25) is 14.6 Å². The molecule has 21 heavy (non-hydrogen) atoms. The van der Waals surface area contributed by atoms with Gasteiger partial charge in [0.1, 0.15) is 13.1 Å². The summed E-state index contributed by atoms with van der Waals surface area (Å²) < 4.78 is 5.20. The summed E-state index contributed by atoms with van der Waals surface area (Å²) in [6, 6.07) is 4.47. The van der Waals surface area contributed by atoms with Crippen molar-refractivity contribution in [3.8, 4) is 11.5 Å². The summed E-state index contributed by atoms with van der Waals surface area (Å²) in [5.41, 5.74) is 0.539. The van der Waals surface area contributed by atoms with Crippen molar-refractivity contribution in [3.05, 3.63) is 23.8 Å². The molecule has 114 valence electrons. The van der Waals surface area contributed by atoms with Crippen LogP contribution in [0.5, 0.6) is 11.5 Å². The normalized spacial score (nSPS) is 10.5. The molecule has 1 aromatic rings. The maximum atomic E-state index is 10.6. The van der Waals surface area contributed by atoms with E-state index in [1.807, 2.05) is 0 Å². The van der Waals surface area contributed by atoms with Crippen molar-refractivity contribution in [2.75, 3.05) is 19.7 Å². The molecule has 0 bridgehead atoms. The van der Waals surface area contributed by atoms with E-state index in [2.05, 4.69) is 5.10 Å². The second-order valence-electron chi connectivity index (χ2n) is 4.01. The molecule has 0 spiro atoms. The van der Waals surface area contributed by atoms with Gasteiger partial charge in [0.25, 0.3) is 0 Å². The van der Waals surface area contributed by atoms with Gasteiger partial charge < -0.3 is 20.1 Å². The molecule has 1 rings (SSSR count). The van der Waals surface area contributed by atoms with Crippen molar-refractivity contribution in [2.24, 2.45) is 5.10 Å². The Labute approximate surface area is 120 Å². The van der Waals surface area contributed by atoms with E-state index in [0.717, 1.165) is 5.01 Å². The number of phenols is 1. The van der Waals surface area contributed by atoms with Crippen LogP contribution in [-0.4, -0.2) is 58.2 Å². The first kappa shape index (κ1) is 16.3. The van der Waals surface area contributed by atoms with Gasteiger partial charge in [0.15, 0.2) is 11.5 Å². The number of carboxylic acids is 2. The molecule has 8 heteroatoms. The highest BCUT2D eigenvalue weighted by atomic mass is 16.5. The van der Waals surface area contributed by atoms with E-state index >= 15 is 0 Å². The highest BCUT2D eigenvalue weighted by Crippen LogP contribution is 2.26. The van der Waals surface area contributed by atoms with Gasteiger partial charge in [0.05, 0.1) is 12.8 Å². The fourth-order valence-electron chi connectivity index (χ4n) is 1.48. The molecule has 3 N–H and O–H groups in total. The number of hydrogen-bond donors (Lipinski definition) is 3. The number of hydrogen-bond acceptors (Lipinski definition) is 6. The van der Waals surface area contributed by atoms with Crippen LogP contribution in [0.25, 0.3) is 0 Å². The maximum absolute atomic E-state index is 10.6. The van der Waals surface area contributed by atoms with Crippen molar-refractivity contribution < 1.29 is 29.6 Å². The number of carbonyl (C=O) groups is 2. The minimum Gasteiger partial charge on any atom is -0.504 e. The molecule has 0 aliphatic heterocycles. The fraction of sp³-hybridized carbons (Fsp3) is 0.308. The van der Waals surface area contributed by atoms with Crippen LogP contribution in [0.2, 0.25) is 0 Å². The molecule has 0 radical (unpaired) electrons. The Balaban J connectivity index is 2.86. The number of carboxylic acid groups (broad SMARTS) is 2. The first-order valence-electron chi connectivity index (χ1n) is 6.10. The summed E-state index contributed by atoms with van der Waals surface area (Å²) in [4.78, 5) is 21.2. The number of rotatable bonds is 8. The smallest absolute Gasteiger partial charge is 0.324 e. The summed E-state index contributed by atoms with van der Waals surface area (Å²) in [5.74, 6) is -2.13. The molecule has 0 fully saturated rings. The highest BCUT2D eigenvalue weighted by Gasteiger charge is 2.10. The van der Waals surface area contributed by atoms with Crippen molar-refractivity contribution in [1.82, 2.24) is 5.01 Å². The summed E-state index contributed by atoms with van der Waals surface area (Å²) in [7, 11) is 0. The second kappa shape index (κ2) is 7.73. The van der Waals surface area contributed by atoms with Crippen molar-refractivity contribution >= 4 is 18.2 Å². The summed E-state index contributed by atoms with van der Waals surface area (Å²) in [6.45, 7) is 1.08. The lowest BCUT2D eigenvalue weighted by Gasteiger charge is -2.13. The van der Waals surface area contributed by atoms with E-state index in [4.69, 9.17) is 14.9 Å². The number of aromatic hydroxyl groups is 1. The van der Waals surface area contributed by atoms with Gasteiger partial charge in [-0.15, -0.1) is 0 Å². The third kappa shape index (κ3) is 5.81. The molecule has 0 heterocycles. The van der Waals surface area contributed by atoms with Gasteiger partial charge in [-0.1, -0.05) is 0 Å². The average molecular weight is 296 g/mol. The van der Waals surface area contributed by atoms with Gasteiger partial charge in [-0.25, -0.2) is 0 Å². The lowest BCUT2D eigenvalue weighted by molar-refractivity contribution is -0.141. The topological polar surface area (TPSA) is 120 Å². The second-order valence-corrected chi connectivity index (χ2v) is 4.01. The number of ether oxygens (including phenoxy) is 1. The Bertz CT molecular complexity index is 527. The Kier molecular flexibility index (Phi) is 5.99. The van der Waals surface area contributed by atoms with Crippen LogP contribution in [0.3, 0.4) is 0 Å². The standard InChI is InChI=1S/C13H16N2O6/c1-2-21-11-5-9(3-4-10(11)16)6-14-15(7-12(17)18)8-13(19)20/h3-6,16H,2,7-8H2,1H3,(H,17,18)(H,19,20)/b14-6-. The Morgan fingerprint density at radius 2 is 1.90 bits per heavy atom. The molecule has 0 atom stereocenters. The maximum Gasteiger partial charge on any atom is 0.324 e. The van der Waals surface area contributed by atoms with Crippen LogP contribution in [0, 0.1) is 0 Å². The lowest BCUT2D eigenvalue weighted by Crippen LogP contribution is -2.30.